The van der Waals surface area contributed by atoms with Crippen molar-refractivity contribution in [3.05, 3.63) is 109 Å². The molecule has 0 unspecified atom stereocenters. The molecule has 0 N–H and O–H groups in total. The summed E-state index contributed by atoms with van der Waals surface area (Å²) in [5.74, 6) is 0. The summed E-state index contributed by atoms with van der Waals surface area (Å²) in [6, 6.07) is 19.2. The van der Waals surface area contributed by atoms with Crippen molar-refractivity contribution in [2.24, 2.45) is 7.05 Å². The molecule has 3 aromatic rings. The van der Waals surface area contributed by atoms with Gasteiger partial charge in [0.2, 0.25) is 5.52 Å². The lowest BCUT2D eigenvalue weighted by Crippen LogP contribution is -2.28. The average molecular weight is 366 g/mol. The molecular formula is C26H25N2+. The van der Waals surface area contributed by atoms with Crippen LogP contribution in [0.25, 0.3) is 22.6 Å². The lowest BCUT2D eigenvalue weighted by atomic mass is 9.99. The smallest absolute Gasteiger partial charge is 0.212 e. The molecule has 138 valence electrons. The van der Waals surface area contributed by atoms with E-state index in [0.29, 0.717) is 0 Å². The van der Waals surface area contributed by atoms with Crippen LogP contribution in [0.3, 0.4) is 0 Å². The first kappa shape index (κ1) is 18.0. The standard InChI is InChI=1S/C26H25N2/c1-3-28-20-18-22(24-14-8-10-16-26(24)28)12-6-4-5-11-21-17-19-27(2)25-15-9-7-13-23(21)25/h4-20H,3H2,1-2H3/q+1. The lowest BCUT2D eigenvalue weighted by molar-refractivity contribution is -0.644. The number of aryl methyl sites for hydroxylation is 1. The van der Waals surface area contributed by atoms with Gasteiger partial charge in [0.05, 0.1) is 5.39 Å². The predicted molar refractivity (Wildman–Crippen MR) is 120 cm³/mol. The van der Waals surface area contributed by atoms with Crippen molar-refractivity contribution in [1.82, 2.24) is 0 Å². The molecule has 2 heterocycles. The Bertz CT molecular complexity index is 1120. The molecule has 0 amide bonds. The molecule has 0 fully saturated rings. The molecule has 1 aliphatic rings. The maximum Gasteiger partial charge on any atom is 0.212 e. The van der Waals surface area contributed by atoms with Crippen LogP contribution < -0.4 is 9.47 Å². The fourth-order valence-electron chi connectivity index (χ4n) is 3.65. The second kappa shape index (κ2) is 8.10. The number of fused-ring (bicyclic) bond motifs is 2. The van der Waals surface area contributed by atoms with Crippen LogP contribution >= 0.6 is 0 Å². The summed E-state index contributed by atoms with van der Waals surface area (Å²) in [4.78, 5) is 2.27. The van der Waals surface area contributed by atoms with Crippen LogP contribution in [0.5, 0.6) is 0 Å². The Hall–Kier alpha value is -3.39. The van der Waals surface area contributed by atoms with Gasteiger partial charge >= 0.3 is 0 Å². The lowest BCUT2D eigenvalue weighted by Gasteiger charge is -2.26. The van der Waals surface area contributed by atoms with E-state index in [9.17, 15) is 0 Å². The van der Waals surface area contributed by atoms with Crippen LogP contribution in [-0.4, -0.2) is 6.54 Å². The Balaban J connectivity index is 1.56. The average Bonchev–Trinajstić information content (AvgIpc) is 2.75. The molecule has 0 radical (unpaired) electrons. The highest BCUT2D eigenvalue weighted by atomic mass is 15.1. The van der Waals surface area contributed by atoms with Crippen molar-refractivity contribution in [2.45, 2.75) is 6.92 Å². The van der Waals surface area contributed by atoms with E-state index >= 15 is 0 Å². The minimum atomic E-state index is 0.974. The summed E-state index contributed by atoms with van der Waals surface area (Å²) in [6.45, 7) is 3.15. The molecule has 0 bridgehead atoms. The fraction of sp³-hybridized carbons (Fsp3) is 0.115. The van der Waals surface area contributed by atoms with Gasteiger partial charge in [-0.3, -0.25) is 0 Å². The van der Waals surface area contributed by atoms with Gasteiger partial charge in [-0.05, 0) is 36.3 Å². The first-order chi connectivity index (χ1) is 13.8. The number of pyridine rings is 1. The normalized spacial score (nSPS) is 15.2. The Labute approximate surface area is 167 Å². The first-order valence-corrected chi connectivity index (χ1v) is 9.74. The second-order valence-corrected chi connectivity index (χ2v) is 6.88. The van der Waals surface area contributed by atoms with E-state index in [2.05, 4.69) is 127 Å². The zero-order valence-corrected chi connectivity index (χ0v) is 16.4. The minimum absolute atomic E-state index is 0.974. The van der Waals surface area contributed by atoms with Gasteiger partial charge in [0.1, 0.15) is 7.05 Å². The molecule has 1 aliphatic heterocycles. The molecule has 0 atom stereocenters. The van der Waals surface area contributed by atoms with Crippen LogP contribution in [0.15, 0.2) is 97.4 Å². The molecular weight excluding hydrogens is 340 g/mol. The van der Waals surface area contributed by atoms with Crippen molar-refractivity contribution in [1.29, 1.82) is 0 Å². The number of para-hydroxylation sites is 2. The van der Waals surface area contributed by atoms with Gasteiger partial charge in [0.25, 0.3) is 0 Å². The number of allylic oxidation sites excluding steroid dienone is 6. The summed E-state index contributed by atoms with van der Waals surface area (Å²) in [5, 5.41) is 1.26. The van der Waals surface area contributed by atoms with Gasteiger partial charge in [-0.1, -0.05) is 60.7 Å². The molecule has 0 aliphatic carbocycles. The third kappa shape index (κ3) is 3.54. The third-order valence-electron chi connectivity index (χ3n) is 5.15. The van der Waals surface area contributed by atoms with Gasteiger partial charge in [-0.25, -0.2) is 4.57 Å². The van der Waals surface area contributed by atoms with E-state index < -0.39 is 0 Å². The Morgan fingerprint density at radius 3 is 2.64 bits per heavy atom. The van der Waals surface area contributed by atoms with Crippen molar-refractivity contribution < 1.29 is 4.57 Å². The zero-order chi connectivity index (χ0) is 19.3. The van der Waals surface area contributed by atoms with Gasteiger partial charge < -0.3 is 4.90 Å². The van der Waals surface area contributed by atoms with E-state index in [0.717, 1.165) is 6.54 Å². The predicted octanol–water partition coefficient (Wildman–Crippen LogP) is 5.67. The number of anilines is 1. The number of rotatable bonds is 4. The zero-order valence-electron chi connectivity index (χ0n) is 16.4. The van der Waals surface area contributed by atoms with Gasteiger partial charge in [-0.15, -0.1) is 0 Å². The molecule has 0 spiro atoms. The van der Waals surface area contributed by atoms with E-state index in [1.54, 1.807) is 0 Å². The van der Waals surface area contributed by atoms with Crippen molar-refractivity contribution in [3.8, 4) is 0 Å². The fourth-order valence-corrected chi connectivity index (χ4v) is 3.65. The number of hydrogen-bond acceptors (Lipinski definition) is 1. The topological polar surface area (TPSA) is 7.12 Å². The minimum Gasteiger partial charge on any atom is -0.348 e. The largest absolute Gasteiger partial charge is 0.348 e. The number of aromatic nitrogens is 1. The highest BCUT2D eigenvalue weighted by Gasteiger charge is 2.13. The van der Waals surface area contributed by atoms with Gasteiger partial charge in [0, 0.05) is 36.1 Å². The molecule has 0 saturated heterocycles. The van der Waals surface area contributed by atoms with Crippen LogP contribution in [0.1, 0.15) is 18.1 Å². The quantitative estimate of drug-likeness (QED) is 0.427. The second-order valence-electron chi connectivity index (χ2n) is 6.88. The molecule has 2 nitrogen and oxygen atoms in total. The first-order valence-electron chi connectivity index (χ1n) is 9.74. The summed E-state index contributed by atoms with van der Waals surface area (Å²) in [6.07, 6.45) is 17.1. The molecule has 1 aromatic heterocycles. The van der Waals surface area contributed by atoms with Gasteiger partial charge in [0.15, 0.2) is 6.20 Å². The van der Waals surface area contributed by atoms with Crippen molar-refractivity contribution in [3.63, 3.8) is 0 Å². The Kier molecular flexibility index (Phi) is 5.20. The highest BCUT2D eigenvalue weighted by molar-refractivity contribution is 5.87. The Morgan fingerprint density at radius 2 is 1.75 bits per heavy atom. The van der Waals surface area contributed by atoms with Crippen molar-refractivity contribution >= 4 is 28.2 Å². The van der Waals surface area contributed by atoms with E-state index in [1.165, 1.54) is 33.3 Å². The Morgan fingerprint density at radius 1 is 0.929 bits per heavy atom. The summed E-state index contributed by atoms with van der Waals surface area (Å²) < 4.78 is 2.15. The highest BCUT2D eigenvalue weighted by Crippen LogP contribution is 2.32. The van der Waals surface area contributed by atoms with E-state index in [-0.39, 0.29) is 0 Å². The SMILES string of the molecule is CCN1C=C/C(=C/C=C/C=C/c2cc[n+](C)c3ccccc23)c2ccccc21. The van der Waals surface area contributed by atoms with Crippen LogP contribution in [-0.2, 0) is 7.05 Å². The van der Waals surface area contributed by atoms with E-state index in [1.807, 2.05) is 0 Å². The van der Waals surface area contributed by atoms with Crippen LogP contribution in [0, 0.1) is 0 Å². The monoisotopic (exact) mass is 365 g/mol. The number of nitrogens with zero attached hydrogens (tertiary/aromatic N) is 2. The molecule has 4 rings (SSSR count). The molecule has 2 heteroatoms. The molecule has 0 saturated carbocycles. The molecule has 28 heavy (non-hydrogen) atoms. The summed E-state index contributed by atoms with van der Waals surface area (Å²) in [5.41, 5.74) is 6.25. The number of hydrogen-bond donors (Lipinski definition) is 0. The van der Waals surface area contributed by atoms with Crippen LogP contribution in [0.4, 0.5) is 5.69 Å². The summed E-state index contributed by atoms with van der Waals surface area (Å²) >= 11 is 0. The molecule has 2 aromatic carbocycles. The summed E-state index contributed by atoms with van der Waals surface area (Å²) in [7, 11) is 2.08. The van der Waals surface area contributed by atoms with Crippen molar-refractivity contribution in [2.75, 3.05) is 11.4 Å². The van der Waals surface area contributed by atoms with Crippen LogP contribution in [0.2, 0.25) is 0 Å². The van der Waals surface area contributed by atoms with E-state index in [4.69, 9.17) is 0 Å². The third-order valence-corrected chi connectivity index (χ3v) is 5.15. The number of benzene rings is 2. The maximum atomic E-state index is 2.27. The van der Waals surface area contributed by atoms with Gasteiger partial charge in [-0.2, -0.15) is 0 Å². The maximum absolute atomic E-state index is 2.27.